The quantitative estimate of drug-likeness (QED) is 0.373. The van der Waals surface area contributed by atoms with Crippen LogP contribution in [0.3, 0.4) is 0 Å². The van der Waals surface area contributed by atoms with Gasteiger partial charge in [-0.1, -0.05) is 23.7 Å². The van der Waals surface area contributed by atoms with Gasteiger partial charge in [0.2, 0.25) is 5.76 Å². The molecular weight excluding hydrogens is 430 g/mol. The Kier molecular flexibility index (Phi) is 7.40. The van der Waals surface area contributed by atoms with Gasteiger partial charge >= 0.3 is 5.97 Å². The number of esters is 1. The number of rotatable bonds is 8. The van der Waals surface area contributed by atoms with E-state index in [2.05, 4.69) is 19.0 Å². The fourth-order valence-corrected chi connectivity index (χ4v) is 3.33. The number of nitrogens with zero attached hydrogens (tertiary/aromatic N) is 2. The number of methoxy groups -OCH3 is 1. The highest BCUT2D eigenvalue weighted by Crippen LogP contribution is 2.20. The highest BCUT2D eigenvalue weighted by Gasteiger charge is 2.15. The van der Waals surface area contributed by atoms with Crippen LogP contribution >= 0.6 is 20.8 Å². The number of carbonyl (C=O) groups excluding carboxylic acids is 1. The normalized spacial score (nSPS) is 12.0. The van der Waals surface area contributed by atoms with Gasteiger partial charge in [0.1, 0.15) is 17.5 Å². The molecule has 9 heteroatoms. The Bertz CT molecular complexity index is 1080. The van der Waals surface area contributed by atoms with E-state index in [1.165, 1.54) is 23.8 Å². The maximum absolute atomic E-state index is 13.2. The fraction of sp³-hybridized carbons (Fsp3) is 0.286. The molecule has 0 fully saturated rings. The van der Waals surface area contributed by atoms with E-state index in [4.69, 9.17) is 16.0 Å². The first-order chi connectivity index (χ1) is 14.4. The van der Waals surface area contributed by atoms with Crippen LogP contribution in [0.4, 0.5) is 4.39 Å². The average molecular weight is 451 g/mol. The minimum atomic E-state index is -1.02. The van der Waals surface area contributed by atoms with Gasteiger partial charge in [0.15, 0.2) is 0 Å². The van der Waals surface area contributed by atoms with Crippen molar-refractivity contribution in [2.45, 2.75) is 31.7 Å². The molecule has 3 rings (SSSR count). The van der Waals surface area contributed by atoms with Crippen LogP contribution in [0.2, 0.25) is 5.02 Å². The third-order valence-electron chi connectivity index (χ3n) is 4.47. The van der Waals surface area contributed by atoms with Crippen molar-refractivity contribution < 1.29 is 18.3 Å². The zero-order chi connectivity index (χ0) is 21.7. The van der Waals surface area contributed by atoms with Gasteiger partial charge in [-0.25, -0.2) is 14.2 Å². The molecule has 0 spiro atoms. The number of ether oxygens (including phenoxy) is 1. The molecule has 0 aliphatic rings. The zero-order valence-corrected chi connectivity index (χ0v) is 18.2. The van der Waals surface area contributed by atoms with Crippen LogP contribution in [0.25, 0.3) is 11.3 Å². The third kappa shape index (κ3) is 5.55. The molecule has 2 atom stereocenters. The van der Waals surface area contributed by atoms with Gasteiger partial charge in [0.05, 0.1) is 19.3 Å². The lowest BCUT2D eigenvalue weighted by molar-refractivity contribution is 0.0563. The van der Waals surface area contributed by atoms with Crippen molar-refractivity contribution in [1.82, 2.24) is 9.55 Å². The molecule has 0 amide bonds. The maximum atomic E-state index is 13.2. The number of aryl methyl sites for hydroxylation is 1. The lowest BCUT2D eigenvalue weighted by atomic mass is 10.1. The summed E-state index contributed by atoms with van der Waals surface area (Å²) in [5.74, 6) is -0.642. The van der Waals surface area contributed by atoms with E-state index in [0.717, 1.165) is 5.56 Å². The van der Waals surface area contributed by atoms with Gasteiger partial charge in [-0.05, 0) is 37.1 Å². The largest absolute Gasteiger partial charge is 0.463 e. The summed E-state index contributed by atoms with van der Waals surface area (Å²) in [6, 6.07) is 11.6. The molecule has 6 nitrogen and oxygen atoms in total. The van der Waals surface area contributed by atoms with Gasteiger partial charge in [0.25, 0.3) is 5.56 Å². The summed E-state index contributed by atoms with van der Waals surface area (Å²) < 4.78 is 24.8. The van der Waals surface area contributed by atoms with Crippen LogP contribution in [-0.2, 0) is 17.7 Å². The molecule has 0 saturated heterocycles. The smallest absolute Gasteiger partial charge is 0.373 e. The van der Waals surface area contributed by atoms with E-state index in [1.54, 1.807) is 30.3 Å². The van der Waals surface area contributed by atoms with Crippen molar-refractivity contribution in [3.05, 3.63) is 75.2 Å². The van der Waals surface area contributed by atoms with Crippen molar-refractivity contribution in [3.63, 3.8) is 0 Å². The maximum Gasteiger partial charge on any atom is 0.373 e. The van der Waals surface area contributed by atoms with E-state index in [-0.39, 0.29) is 17.9 Å². The Morgan fingerprint density at radius 1 is 1.30 bits per heavy atom. The lowest BCUT2D eigenvalue weighted by Gasteiger charge is -2.13. The Hall–Kier alpha value is -2.50. The molecule has 158 valence electrons. The number of hydrogen-bond donors (Lipinski definition) is 0. The summed E-state index contributed by atoms with van der Waals surface area (Å²) in [6.07, 6.45) is 1.27. The molecule has 2 unspecified atom stereocenters. The predicted octanol–water partition coefficient (Wildman–Crippen LogP) is 4.49. The van der Waals surface area contributed by atoms with E-state index in [9.17, 15) is 14.0 Å². The monoisotopic (exact) mass is 450 g/mol. The molecular formula is C21H21ClFN2O4P. The zero-order valence-electron chi connectivity index (χ0n) is 16.3. The van der Waals surface area contributed by atoms with E-state index >= 15 is 0 Å². The molecule has 0 saturated carbocycles. The van der Waals surface area contributed by atoms with Gasteiger partial charge in [-0.2, -0.15) is 0 Å². The van der Waals surface area contributed by atoms with Gasteiger partial charge in [-0.15, -0.1) is 9.24 Å². The first-order valence-electron chi connectivity index (χ1n) is 9.30. The van der Waals surface area contributed by atoms with Crippen LogP contribution in [0, 0.1) is 0 Å². The van der Waals surface area contributed by atoms with Crippen molar-refractivity contribution in [2.75, 3.05) is 7.11 Å². The van der Waals surface area contributed by atoms with E-state index in [1.807, 2.05) is 0 Å². The second kappa shape index (κ2) is 10.0. The second-order valence-electron chi connectivity index (χ2n) is 6.65. The Morgan fingerprint density at radius 2 is 2.03 bits per heavy atom. The molecule has 0 aliphatic heterocycles. The fourth-order valence-electron chi connectivity index (χ4n) is 2.97. The summed E-state index contributed by atoms with van der Waals surface area (Å²) >= 11 is 5.94. The van der Waals surface area contributed by atoms with Crippen LogP contribution in [-0.4, -0.2) is 28.5 Å². The number of furan rings is 1. The van der Waals surface area contributed by atoms with Gasteiger partial charge in [0, 0.05) is 23.1 Å². The van der Waals surface area contributed by atoms with Crippen molar-refractivity contribution in [2.24, 2.45) is 0 Å². The highest BCUT2D eigenvalue weighted by atomic mass is 35.5. The van der Waals surface area contributed by atoms with Crippen molar-refractivity contribution in [3.8, 4) is 11.3 Å². The molecule has 1 aromatic carbocycles. The Labute approximate surface area is 180 Å². The van der Waals surface area contributed by atoms with Crippen molar-refractivity contribution in [1.29, 1.82) is 0 Å². The van der Waals surface area contributed by atoms with Crippen LogP contribution < -0.4 is 5.56 Å². The minimum absolute atomic E-state index is 0.0520. The summed E-state index contributed by atoms with van der Waals surface area (Å²) in [7, 11) is 3.38. The lowest BCUT2D eigenvalue weighted by Crippen LogP contribution is -2.25. The predicted molar refractivity (Wildman–Crippen MR) is 116 cm³/mol. The first-order valence-corrected chi connectivity index (χ1v) is 10.3. The summed E-state index contributed by atoms with van der Waals surface area (Å²) in [4.78, 5) is 29.1. The standard InChI is InChI=1S/C21H21ClFN2O4P/c1-28-21(27)17-10-9-15(29-17)12-25-19(4-2-3-18(23)30)24-16(11-20(25)26)13-5-7-14(22)8-6-13/h5-11,18H,2-4,12,30H2,1H3. The highest BCUT2D eigenvalue weighted by molar-refractivity contribution is 7.17. The van der Waals surface area contributed by atoms with E-state index in [0.29, 0.717) is 41.6 Å². The number of alkyl halides is 1. The number of aromatic nitrogens is 2. The molecule has 0 bridgehead atoms. The number of halogens is 2. The molecule has 0 radical (unpaired) electrons. The average Bonchev–Trinajstić information content (AvgIpc) is 3.18. The number of benzene rings is 1. The SMILES string of the molecule is COC(=O)c1ccc(Cn2c(CCCC(F)P)nc(-c3ccc(Cl)cc3)cc2=O)o1. The first kappa shape index (κ1) is 22.2. The van der Waals surface area contributed by atoms with Gasteiger partial charge in [-0.3, -0.25) is 9.36 Å². The second-order valence-corrected chi connectivity index (χ2v) is 7.81. The van der Waals surface area contributed by atoms with E-state index < -0.39 is 11.9 Å². The summed E-state index contributed by atoms with van der Waals surface area (Å²) in [6.45, 7) is 0.0962. The third-order valence-corrected chi connectivity index (χ3v) is 5.06. The minimum Gasteiger partial charge on any atom is -0.463 e. The topological polar surface area (TPSA) is 74.3 Å². The van der Waals surface area contributed by atoms with Crippen LogP contribution in [0.1, 0.15) is 35.0 Å². The molecule has 3 aromatic rings. The van der Waals surface area contributed by atoms with Crippen molar-refractivity contribution >= 4 is 26.8 Å². The van der Waals surface area contributed by atoms with Crippen LogP contribution in [0.5, 0.6) is 0 Å². The molecule has 30 heavy (non-hydrogen) atoms. The summed E-state index contributed by atoms with van der Waals surface area (Å²) in [5, 5.41) is 0.584. The van der Waals surface area contributed by atoms with Gasteiger partial charge < -0.3 is 9.15 Å². The molecule has 0 N–H and O–H groups in total. The number of hydrogen-bond acceptors (Lipinski definition) is 5. The Morgan fingerprint density at radius 3 is 2.70 bits per heavy atom. The van der Waals surface area contributed by atoms with Crippen LogP contribution in [0.15, 0.2) is 51.7 Å². The summed E-state index contributed by atoms with van der Waals surface area (Å²) in [5.41, 5.74) is 0.995. The molecule has 2 aromatic heterocycles. The molecule has 0 aliphatic carbocycles. The molecule has 2 heterocycles. The number of carbonyl (C=O) groups is 1. The Balaban J connectivity index is 1.95.